The second-order valence-electron chi connectivity index (χ2n) is 2.97. The molecule has 5 heteroatoms. The van der Waals surface area contributed by atoms with Gasteiger partial charge in [-0.25, -0.2) is 0 Å². The van der Waals surface area contributed by atoms with E-state index in [0.29, 0.717) is 0 Å². The Labute approximate surface area is 86.7 Å². The Morgan fingerprint density at radius 2 is 1.93 bits per heavy atom. The lowest BCUT2D eigenvalue weighted by Gasteiger charge is -2.13. The number of likely N-dealkylation sites (N-methyl/N-ethyl adjacent to an activating group) is 1. The molecule has 0 fully saturated rings. The number of aliphatic hydroxyl groups is 1. The molecule has 3 nitrogen and oxygen atoms in total. The van der Waals surface area contributed by atoms with Crippen molar-refractivity contribution in [1.29, 1.82) is 0 Å². The van der Waals surface area contributed by atoms with Crippen LogP contribution >= 0.6 is 0 Å². The van der Waals surface area contributed by atoms with Crippen LogP contribution in [0.4, 0.5) is 8.78 Å². The van der Waals surface area contributed by atoms with E-state index in [9.17, 15) is 8.78 Å². The van der Waals surface area contributed by atoms with Crippen LogP contribution in [0.3, 0.4) is 0 Å². The Kier molecular flexibility index (Phi) is 4.45. The van der Waals surface area contributed by atoms with E-state index in [1.54, 1.807) is 19.2 Å². The molecule has 0 aromatic heterocycles. The van der Waals surface area contributed by atoms with E-state index in [2.05, 4.69) is 10.1 Å². The molecule has 1 aromatic carbocycles. The van der Waals surface area contributed by atoms with Crippen LogP contribution in [0.25, 0.3) is 0 Å². The van der Waals surface area contributed by atoms with Crippen molar-refractivity contribution in [3.63, 3.8) is 0 Å². The van der Waals surface area contributed by atoms with Crippen LogP contribution in [0.5, 0.6) is 5.75 Å². The maximum Gasteiger partial charge on any atom is 0.387 e. The number of nitrogens with one attached hydrogen (secondary N) is 1. The standard InChI is InChI=1S/C10H13F2NO2/c1-13-9(6-14)7-2-4-8(5-3-7)15-10(11)12/h2-5,9-10,13-14H,6H2,1H3. The largest absolute Gasteiger partial charge is 0.435 e. The second-order valence-corrected chi connectivity index (χ2v) is 2.97. The Hall–Kier alpha value is -1.20. The molecule has 1 atom stereocenters. The molecule has 0 saturated carbocycles. The third kappa shape index (κ3) is 3.45. The topological polar surface area (TPSA) is 41.5 Å². The van der Waals surface area contributed by atoms with Crippen LogP contribution in [0.15, 0.2) is 24.3 Å². The average molecular weight is 217 g/mol. The summed E-state index contributed by atoms with van der Waals surface area (Å²) in [5, 5.41) is 11.9. The fraction of sp³-hybridized carbons (Fsp3) is 0.400. The van der Waals surface area contributed by atoms with Crippen molar-refractivity contribution < 1.29 is 18.6 Å². The molecule has 1 aromatic rings. The molecule has 0 aliphatic carbocycles. The van der Waals surface area contributed by atoms with Gasteiger partial charge in [-0.05, 0) is 24.7 Å². The number of ether oxygens (including phenoxy) is 1. The molecule has 0 bridgehead atoms. The summed E-state index contributed by atoms with van der Waals surface area (Å²) in [6.45, 7) is -2.86. The maximum atomic E-state index is 11.8. The molecule has 1 unspecified atom stereocenters. The molecular formula is C10H13F2NO2. The zero-order valence-corrected chi connectivity index (χ0v) is 8.28. The molecule has 15 heavy (non-hydrogen) atoms. The van der Waals surface area contributed by atoms with E-state index in [1.807, 2.05) is 0 Å². The first-order chi connectivity index (χ1) is 7.17. The van der Waals surface area contributed by atoms with E-state index in [1.165, 1.54) is 12.1 Å². The molecule has 84 valence electrons. The predicted molar refractivity (Wildman–Crippen MR) is 52.0 cm³/mol. The van der Waals surface area contributed by atoms with Crippen LogP contribution in [-0.4, -0.2) is 25.4 Å². The second kappa shape index (κ2) is 5.63. The maximum absolute atomic E-state index is 11.8. The molecule has 2 N–H and O–H groups in total. The van der Waals surface area contributed by atoms with E-state index < -0.39 is 6.61 Å². The van der Waals surface area contributed by atoms with Crippen molar-refractivity contribution in [1.82, 2.24) is 5.32 Å². The molecular weight excluding hydrogens is 204 g/mol. The highest BCUT2D eigenvalue weighted by molar-refractivity contribution is 5.29. The van der Waals surface area contributed by atoms with Gasteiger partial charge in [-0.3, -0.25) is 0 Å². The third-order valence-corrected chi connectivity index (χ3v) is 2.04. The minimum absolute atomic E-state index is 0.0500. The van der Waals surface area contributed by atoms with Crippen molar-refractivity contribution >= 4 is 0 Å². The Morgan fingerprint density at radius 3 is 2.33 bits per heavy atom. The van der Waals surface area contributed by atoms with Crippen molar-refractivity contribution in [2.45, 2.75) is 12.7 Å². The monoisotopic (exact) mass is 217 g/mol. The first-order valence-electron chi connectivity index (χ1n) is 4.50. The van der Waals surface area contributed by atoms with Gasteiger partial charge in [0, 0.05) is 0 Å². The SMILES string of the molecule is CNC(CO)c1ccc(OC(F)F)cc1. The normalized spacial score (nSPS) is 12.9. The van der Waals surface area contributed by atoms with Crippen LogP contribution < -0.4 is 10.1 Å². The molecule has 0 aliphatic rings. The quantitative estimate of drug-likeness (QED) is 0.786. The smallest absolute Gasteiger partial charge is 0.387 e. The molecule has 1 rings (SSSR count). The van der Waals surface area contributed by atoms with Gasteiger partial charge >= 0.3 is 6.61 Å². The number of hydrogen-bond acceptors (Lipinski definition) is 3. The molecule has 0 spiro atoms. The summed E-state index contributed by atoms with van der Waals surface area (Å²) < 4.78 is 27.9. The molecule has 0 saturated heterocycles. The summed E-state index contributed by atoms with van der Waals surface area (Å²) >= 11 is 0. The van der Waals surface area contributed by atoms with Crippen molar-refractivity contribution in [2.75, 3.05) is 13.7 Å². The van der Waals surface area contributed by atoms with Gasteiger partial charge in [0.05, 0.1) is 12.6 Å². The number of hydrogen-bond donors (Lipinski definition) is 2. The highest BCUT2D eigenvalue weighted by Crippen LogP contribution is 2.18. The fourth-order valence-corrected chi connectivity index (χ4v) is 1.24. The molecule has 0 radical (unpaired) electrons. The van der Waals surface area contributed by atoms with Gasteiger partial charge < -0.3 is 15.2 Å². The van der Waals surface area contributed by atoms with Gasteiger partial charge in [0.2, 0.25) is 0 Å². The zero-order chi connectivity index (χ0) is 11.3. The zero-order valence-electron chi connectivity index (χ0n) is 8.28. The first kappa shape index (κ1) is 11.9. The molecule has 0 aliphatic heterocycles. The number of alkyl halides is 2. The lowest BCUT2D eigenvalue weighted by molar-refractivity contribution is -0.0498. The van der Waals surface area contributed by atoms with Gasteiger partial charge in [-0.15, -0.1) is 0 Å². The van der Waals surface area contributed by atoms with E-state index in [-0.39, 0.29) is 18.4 Å². The Morgan fingerprint density at radius 1 is 1.33 bits per heavy atom. The summed E-state index contributed by atoms with van der Waals surface area (Å²) in [4.78, 5) is 0. The summed E-state index contributed by atoms with van der Waals surface area (Å²) in [6.07, 6.45) is 0. The number of rotatable bonds is 5. The third-order valence-electron chi connectivity index (χ3n) is 2.04. The van der Waals surface area contributed by atoms with Crippen LogP contribution in [-0.2, 0) is 0 Å². The summed E-state index contributed by atoms with van der Waals surface area (Å²) in [6, 6.07) is 5.97. The summed E-state index contributed by atoms with van der Waals surface area (Å²) in [5.41, 5.74) is 0.821. The van der Waals surface area contributed by atoms with Gasteiger partial charge in [-0.2, -0.15) is 8.78 Å². The summed E-state index contributed by atoms with van der Waals surface area (Å²) in [7, 11) is 1.71. The Bertz CT molecular complexity index is 286. The Balaban J connectivity index is 2.71. The summed E-state index contributed by atoms with van der Waals surface area (Å²) in [5.74, 6) is 0.113. The van der Waals surface area contributed by atoms with Crippen LogP contribution in [0.2, 0.25) is 0 Å². The van der Waals surface area contributed by atoms with Gasteiger partial charge in [0.1, 0.15) is 5.75 Å². The van der Waals surface area contributed by atoms with Crippen molar-refractivity contribution in [3.8, 4) is 5.75 Å². The van der Waals surface area contributed by atoms with Gasteiger partial charge in [-0.1, -0.05) is 12.1 Å². The van der Waals surface area contributed by atoms with E-state index >= 15 is 0 Å². The lowest BCUT2D eigenvalue weighted by atomic mass is 10.1. The van der Waals surface area contributed by atoms with Gasteiger partial charge in [0.25, 0.3) is 0 Å². The minimum atomic E-state index is -2.81. The first-order valence-corrected chi connectivity index (χ1v) is 4.50. The van der Waals surface area contributed by atoms with E-state index in [0.717, 1.165) is 5.56 Å². The van der Waals surface area contributed by atoms with E-state index in [4.69, 9.17) is 5.11 Å². The highest BCUT2D eigenvalue weighted by atomic mass is 19.3. The highest BCUT2D eigenvalue weighted by Gasteiger charge is 2.08. The predicted octanol–water partition coefficient (Wildman–Crippen LogP) is 1.54. The molecule has 0 amide bonds. The molecule has 0 heterocycles. The minimum Gasteiger partial charge on any atom is -0.435 e. The fourth-order valence-electron chi connectivity index (χ4n) is 1.24. The van der Waals surface area contributed by atoms with Gasteiger partial charge in [0.15, 0.2) is 0 Å². The average Bonchev–Trinajstić information content (AvgIpc) is 2.21. The lowest BCUT2D eigenvalue weighted by Crippen LogP contribution is -2.19. The number of halogens is 2. The number of aliphatic hydroxyl groups excluding tert-OH is 1. The van der Waals surface area contributed by atoms with Crippen molar-refractivity contribution in [2.24, 2.45) is 0 Å². The van der Waals surface area contributed by atoms with Crippen LogP contribution in [0, 0.1) is 0 Å². The van der Waals surface area contributed by atoms with Crippen molar-refractivity contribution in [3.05, 3.63) is 29.8 Å². The van der Waals surface area contributed by atoms with Crippen LogP contribution in [0.1, 0.15) is 11.6 Å². The number of benzene rings is 1.